The van der Waals surface area contributed by atoms with Crippen molar-refractivity contribution >= 4 is 27.2 Å². The summed E-state index contributed by atoms with van der Waals surface area (Å²) in [5.74, 6) is 0. The highest BCUT2D eigenvalue weighted by Crippen LogP contribution is 2.24. The molecule has 0 saturated heterocycles. The standard InChI is InChI=1S/C15H14N2S/c1-11-17-14-8-7-13(9-15(14)18-11)16-10-12-5-3-2-4-6-12/h2-9,16H,10H2,1H3. The maximum atomic E-state index is 4.46. The summed E-state index contributed by atoms with van der Waals surface area (Å²) in [5.41, 5.74) is 3.52. The third kappa shape index (κ3) is 2.36. The number of anilines is 1. The van der Waals surface area contributed by atoms with Gasteiger partial charge in [-0.2, -0.15) is 0 Å². The molecular formula is C15H14N2S. The van der Waals surface area contributed by atoms with E-state index in [0.717, 1.165) is 22.8 Å². The van der Waals surface area contributed by atoms with Crippen molar-refractivity contribution in [2.24, 2.45) is 0 Å². The fourth-order valence-electron chi connectivity index (χ4n) is 1.95. The van der Waals surface area contributed by atoms with Gasteiger partial charge in [0.25, 0.3) is 0 Å². The maximum absolute atomic E-state index is 4.46. The van der Waals surface area contributed by atoms with Crippen molar-refractivity contribution in [3.8, 4) is 0 Å². The van der Waals surface area contributed by atoms with Crippen LogP contribution < -0.4 is 5.32 Å². The van der Waals surface area contributed by atoms with Crippen molar-refractivity contribution in [1.82, 2.24) is 4.98 Å². The molecule has 3 heteroatoms. The van der Waals surface area contributed by atoms with E-state index < -0.39 is 0 Å². The minimum Gasteiger partial charge on any atom is -0.381 e. The van der Waals surface area contributed by atoms with Gasteiger partial charge in [-0.25, -0.2) is 4.98 Å². The highest BCUT2D eigenvalue weighted by molar-refractivity contribution is 7.18. The van der Waals surface area contributed by atoms with Gasteiger partial charge in [0.15, 0.2) is 0 Å². The number of benzene rings is 2. The third-order valence-electron chi connectivity index (χ3n) is 2.83. The summed E-state index contributed by atoms with van der Waals surface area (Å²) in [6.45, 7) is 2.89. The van der Waals surface area contributed by atoms with E-state index >= 15 is 0 Å². The van der Waals surface area contributed by atoms with Crippen LogP contribution in [0.25, 0.3) is 10.2 Å². The molecule has 0 aliphatic heterocycles. The maximum Gasteiger partial charge on any atom is 0.0907 e. The number of aryl methyl sites for hydroxylation is 1. The molecule has 0 spiro atoms. The Hall–Kier alpha value is -1.87. The number of fused-ring (bicyclic) bond motifs is 1. The Kier molecular flexibility index (Phi) is 2.99. The number of aromatic nitrogens is 1. The Morgan fingerprint density at radius 2 is 1.94 bits per heavy atom. The fraction of sp³-hybridized carbons (Fsp3) is 0.133. The molecular weight excluding hydrogens is 240 g/mol. The summed E-state index contributed by atoms with van der Waals surface area (Å²) >= 11 is 1.74. The molecule has 1 aromatic heterocycles. The Labute approximate surface area is 110 Å². The van der Waals surface area contributed by atoms with Crippen LogP contribution in [0.2, 0.25) is 0 Å². The van der Waals surface area contributed by atoms with E-state index in [1.165, 1.54) is 10.3 Å². The van der Waals surface area contributed by atoms with Gasteiger partial charge >= 0.3 is 0 Å². The van der Waals surface area contributed by atoms with Crippen molar-refractivity contribution < 1.29 is 0 Å². The molecule has 2 aromatic carbocycles. The van der Waals surface area contributed by atoms with Crippen LogP contribution in [-0.2, 0) is 6.54 Å². The second-order valence-corrected chi connectivity index (χ2v) is 5.49. The second-order valence-electron chi connectivity index (χ2n) is 4.25. The van der Waals surface area contributed by atoms with Gasteiger partial charge in [-0.15, -0.1) is 11.3 Å². The van der Waals surface area contributed by atoms with Crippen molar-refractivity contribution in [3.63, 3.8) is 0 Å². The molecule has 1 N–H and O–H groups in total. The minimum atomic E-state index is 0.851. The van der Waals surface area contributed by atoms with Crippen molar-refractivity contribution in [2.45, 2.75) is 13.5 Å². The van der Waals surface area contributed by atoms with Gasteiger partial charge in [0.2, 0.25) is 0 Å². The van der Waals surface area contributed by atoms with Gasteiger partial charge in [0.1, 0.15) is 0 Å². The number of nitrogens with one attached hydrogen (secondary N) is 1. The van der Waals surface area contributed by atoms with Crippen LogP contribution in [-0.4, -0.2) is 4.98 Å². The highest BCUT2D eigenvalue weighted by atomic mass is 32.1. The van der Waals surface area contributed by atoms with Crippen molar-refractivity contribution in [2.75, 3.05) is 5.32 Å². The first-order valence-electron chi connectivity index (χ1n) is 5.96. The summed E-state index contributed by atoms with van der Waals surface area (Å²) in [7, 11) is 0. The summed E-state index contributed by atoms with van der Waals surface area (Å²) in [5, 5.41) is 4.56. The molecule has 18 heavy (non-hydrogen) atoms. The first kappa shape index (κ1) is 11.2. The van der Waals surface area contributed by atoms with Gasteiger partial charge < -0.3 is 5.32 Å². The summed E-state index contributed by atoms with van der Waals surface area (Å²) in [6.07, 6.45) is 0. The lowest BCUT2D eigenvalue weighted by molar-refractivity contribution is 1.15. The Morgan fingerprint density at radius 1 is 1.11 bits per heavy atom. The van der Waals surface area contributed by atoms with E-state index in [0.29, 0.717) is 0 Å². The number of rotatable bonds is 3. The predicted molar refractivity (Wildman–Crippen MR) is 78.1 cm³/mol. The predicted octanol–water partition coefficient (Wildman–Crippen LogP) is 4.22. The first-order chi connectivity index (χ1) is 8.81. The summed E-state index contributed by atoms with van der Waals surface area (Å²) in [4.78, 5) is 4.46. The zero-order valence-corrected chi connectivity index (χ0v) is 11.0. The molecule has 0 unspecified atom stereocenters. The summed E-state index contributed by atoms with van der Waals surface area (Å²) in [6, 6.07) is 16.7. The Balaban J connectivity index is 1.78. The summed E-state index contributed by atoms with van der Waals surface area (Å²) < 4.78 is 1.24. The van der Waals surface area contributed by atoms with Gasteiger partial charge in [-0.05, 0) is 30.7 Å². The Morgan fingerprint density at radius 3 is 2.78 bits per heavy atom. The van der Waals surface area contributed by atoms with Gasteiger partial charge in [-0.3, -0.25) is 0 Å². The van der Waals surface area contributed by atoms with Crippen LogP contribution in [0.4, 0.5) is 5.69 Å². The number of hydrogen-bond acceptors (Lipinski definition) is 3. The molecule has 1 heterocycles. The fourth-order valence-corrected chi connectivity index (χ4v) is 2.82. The Bertz CT molecular complexity index is 659. The molecule has 0 atom stereocenters. The average Bonchev–Trinajstić information content (AvgIpc) is 2.77. The monoisotopic (exact) mass is 254 g/mol. The van der Waals surface area contributed by atoms with Crippen LogP contribution >= 0.6 is 11.3 Å². The van der Waals surface area contributed by atoms with Crippen LogP contribution in [0, 0.1) is 6.92 Å². The lowest BCUT2D eigenvalue weighted by atomic mass is 10.2. The SMILES string of the molecule is Cc1nc2ccc(NCc3ccccc3)cc2s1. The molecule has 0 fully saturated rings. The molecule has 90 valence electrons. The normalized spacial score (nSPS) is 10.7. The molecule has 2 nitrogen and oxygen atoms in total. The molecule has 0 bridgehead atoms. The van der Waals surface area contributed by atoms with Crippen molar-refractivity contribution in [3.05, 3.63) is 59.1 Å². The van der Waals surface area contributed by atoms with Crippen LogP contribution in [0.5, 0.6) is 0 Å². The second kappa shape index (κ2) is 4.78. The smallest absolute Gasteiger partial charge is 0.0907 e. The van der Waals surface area contributed by atoms with Crippen molar-refractivity contribution in [1.29, 1.82) is 0 Å². The van der Waals surface area contributed by atoms with E-state index in [1.54, 1.807) is 11.3 Å². The van der Waals surface area contributed by atoms with Gasteiger partial charge in [0.05, 0.1) is 15.2 Å². The topological polar surface area (TPSA) is 24.9 Å². The largest absolute Gasteiger partial charge is 0.381 e. The lowest BCUT2D eigenvalue weighted by Crippen LogP contribution is -1.98. The van der Waals surface area contributed by atoms with E-state index in [2.05, 4.69) is 52.8 Å². The van der Waals surface area contributed by atoms with E-state index in [-0.39, 0.29) is 0 Å². The molecule has 3 rings (SSSR count). The van der Waals surface area contributed by atoms with E-state index in [1.807, 2.05) is 13.0 Å². The average molecular weight is 254 g/mol. The van der Waals surface area contributed by atoms with Crippen LogP contribution in [0.15, 0.2) is 48.5 Å². The number of hydrogen-bond donors (Lipinski definition) is 1. The molecule has 3 aromatic rings. The molecule has 0 aliphatic carbocycles. The highest BCUT2D eigenvalue weighted by Gasteiger charge is 2.01. The minimum absolute atomic E-state index is 0.851. The molecule has 0 saturated carbocycles. The zero-order chi connectivity index (χ0) is 12.4. The number of thiazole rings is 1. The van der Waals surface area contributed by atoms with Gasteiger partial charge in [0, 0.05) is 12.2 Å². The van der Waals surface area contributed by atoms with Gasteiger partial charge in [-0.1, -0.05) is 30.3 Å². The van der Waals surface area contributed by atoms with Crippen LogP contribution in [0.1, 0.15) is 10.6 Å². The third-order valence-corrected chi connectivity index (χ3v) is 3.77. The molecule has 0 amide bonds. The first-order valence-corrected chi connectivity index (χ1v) is 6.78. The van der Waals surface area contributed by atoms with E-state index in [9.17, 15) is 0 Å². The lowest BCUT2D eigenvalue weighted by Gasteiger charge is -2.06. The zero-order valence-electron chi connectivity index (χ0n) is 10.2. The number of nitrogens with zero attached hydrogens (tertiary/aromatic N) is 1. The molecule has 0 aliphatic rings. The quantitative estimate of drug-likeness (QED) is 0.757. The van der Waals surface area contributed by atoms with Crippen LogP contribution in [0.3, 0.4) is 0 Å². The molecule has 0 radical (unpaired) electrons. The van der Waals surface area contributed by atoms with E-state index in [4.69, 9.17) is 0 Å².